The van der Waals surface area contributed by atoms with E-state index in [2.05, 4.69) is 12.2 Å². The number of nitrogens with zero attached hydrogens (tertiary/aromatic N) is 1. The quantitative estimate of drug-likeness (QED) is 0.216. The zero-order chi connectivity index (χ0) is 21.4. The highest BCUT2D eigenvalue weighted by Crippen LogP contribution is 2.24. The molecule has 0 atom stereocenters. The van der Waals surface area contributed by atoms with Gasteiger partial charge in [0.2, 0.25) is 11.8 Å². The maximum absolute atomic E-state index is 12.4. The minimum absolute atomic E-state index is 0.0902. The van der Waals surface area contributed by atoms with E-state index in [-0.39, 0.29) is 17.8 Å². The molecule has 0 aromatic rings. The highest BCUT2D eigenvalue weighted by Gasteiger charge is 2.26. The van der Waals surface area contributed by atoms with Gasteiger partial charge in [-0.15, -0.1) is 0 Å². The van der Waals surface area contributed by atoms with Crippen molar-refractivity contribution >= 4 is 17.8 Å². The van der Waals surface area contributed by atoms with Crippen molar-refractivity contribution in [3.63, 3.8) is 0 Å². The molecule has 0 saturated heterocycles. The molecule has 0 spiro atoms. The van der Waals surface area contributed by atoms with Crippen molar-refractivity contribution in [1.29, 1.82) is 0 Å². The van der Waals surface area contributed by atoms with Crippen molar-refractivity contribution in [3.8, 4) is 0 Å². The molecule has 4 amide bonds. The summed E-state index contributed by atoms with van der Waals surface area (Å²) in [4.78, 5) is 37.4. The van der Waals surface area contributed by atoms with E-state index in [0.29, 0.717) is 19.5 Å². The molecule has 0 saturated carbocycles. The van der Waals surface area contributed by atoms with Crippen LogP contribution in [0.5, 0.6) is 0 Å². The largest absolute Gasteiger partial charge is 0.338 e. The van der Waals surface area contributed by atoms with Gasteiger partial charge in [-0.05, 0) is 25.7 Å². The number of hydroxylamine groups is 1. The highest BCUT2D eigenvalue weighted by molar-refractivity contribution is 5.94. The number of amides is 4. The number of hydrogen-bond acceptors (Lipinski definition) is 4. The third-order valence-corrected chi connectivity index (χ3v) is 4.96. The molecule has 3 N–H and O–H groups in total. The van der Waals surface area contributed by atoms with Crippen LogP contribution in [-0.2, 0) is 9.59 Å². The molecule has 0 radical (unpaired) electrons. The molecule has 0 fully saturated rings. The second-order valence-corrected chi connectivity index (χ2v) is 8.08. The Hall–Kier alpha value is -1.63. The molecule has 0 heterocycles. The van der Waals surface area contributed by atoms with Crippen LogP contribution in [0.2, 0.25) is 0 Å². The molecule has 0 aromatic carbocycles. The summed E-state index contributed by atoms with van der Waals surface area (Å²) >= 11 is 0. The number of hydrogen-bond donors (Lipinski definition) is 3. The van der Waals surface area contributed by atoms with Gasteiger partial charge in [0, 0.05) is 24.9 Å². The normalized spacial score (nSPS) is 11.2. The second kappa shape index (κ2) is 15.3. The van der Waals surface area contributed by atoms with Gasteiger partial charge in [-0.25, -0.2) is 10.3 Å². The van der Waals surface area contributed by atoms with Crippen molar-refractivity contribution in [3.05, 3.63) is 0 Å². The molecule has 0 aromatic heterocycles. The van der Waals surface area contributed by atoms with E-state index in [1.165, 1.54) is 4.90 Å². The molecule has 7 heteroatoms. The number of nitrogens with one attached hydrogen (secondary N) is 2. The lowest BCUT2D eigenvalue weighted by molar-refractivity contribution is -0.138. The SMILES string of the molecule is CCCCNC(=O)N(CCC)C(=O)CCCCCCCCC(C)(C)C(=O)NO. The molecule has 0 unspecified atom stereocenters. The van der Waals surface area contributed by atoms with Crippen molar-refractivity contribution in [2.45, 2.75) is 98.3 Å². The summed E-state index contributed by atoms with van der Waals surface area (Å²) < 4.78 is 0. The predicted octanol–water partition coefficient (Wildman–Crippen LogP) is 4.39. The summed E-state index contributed by atoms with van der Waals surface area (Å²) in [6, 6.07) is -0.269. The second-order valence-electron chi connectivity index (χ2n) is 8.08. The lowest BCUT2D eigenvalue weighted by Gasteiger charge is -2.21. The van der Waals surface area contributed by atoms with Gasteiger partial charge in [-0.1, -0.05) is 66.2 Å². The molecular weight excluding hydrogens is 358 g/mol. The van der Waals surface area contributed by atoms with Crippen LogP contribution in [0.25, 0.3) is 0 Å². The Morgan fingerprint density at radius 2 is 1.50 bits per heavy atom. The maximum Gasteiger partial charge on any atom is 0.324 e. The predicted molar refractivity (Wildman–Crippen MR) is 111 cm³/mol. The number of imide groups is 1. The molecule has 0 aliphatic carbocycles. The first-order valence-electron chi connectivity index (χ1n) is 10.8. The van der Waals surface area contributed by atoms with Crippen LogP contribution in [-0.4, -0.2) is 41.0 Å². The Labute approximate surface area is 170 Å². The van der Waals surface area contributed by atoms with Gasteiger partial charge in [-0.3, -0.25) is 19.7 Å². The molecule has 7 nitrogen and oxygen atoms in total. The molecular formula is C21H41N3O4. The fraction of sp³-hybridized carbons (Fsp3) is 0.857. The lowest BCUT2D eigenvalue weighted by atomic mass is 9.86. The van der Waals surface area contributed by atoms with Crippen molar-refractivity contribution in [1.82, 2.24) is 15.7 Å². The summed E-state index contributed by atoms with van der Waals surface area (Å²) in [6.07, 6.45) is 9.63. The highest BCUT2D eigenvalue weighted by atomic mass is 16.5. The van der Waals surface area contributed by atoms with E-state index in [0.717, 1.165) is 64.2 Å². The van der Waals surface area contributed by atoms with Gasteiger partial charge >= 0.3 is 6.03 Å². The first-order valence-corrected chi connectivity index (χ1v) is 10.8. The molecule has 0 bridgehead atoms. The minimum Gasteiger partial charge on any atom is -0.338 e. The third kappa shape index (κ3) is 11.3. The van der Waals surface area contributed by atoms with Gasteiger partial charge in [0.15, 0.2) is 0 Å². The van der Waals surface area contributed by atoms with Crippen LogP contribution in [0.4, 0.5) is 4.79 Å². The number of rotatable bonds is 15. The third-order valence-electron chi connectivity index (χ3n) is 4.96. The number of urea groups is 1. The van der Waals surface area contributed by atoms with Gasteiger partial charge in [0.1, 0.15) is 0 Å². The Morgan fingerprint density at radius 1 is 0.893 bits per heavy atom. The van der Waals surface area contributed by atoms with Crippen LogP contribution >= 0.6 is 0 Å². The van der Waals surface area contributed by atoms with Crippen LogP contribution in [0.3, 0.4) is 0 Å². The Kier molecular flexibility index (Phi) is 14.4. The summed E-state index contributed by atoms with van der Waals surface area (Å²) in [7, 11) is 0. The van der Waals surface area contributed by atoms with Crippen LogP contribution in [0.15, 0.2) is 0 Å². The Morgan fingerprint density at radius 3 is 2.07 bits per heavy atom. The number of unbranched alkanes of at least 4 members (excludes halogenated alkanes) is 6. The monoisotopic (exact) mass is 399 g/mol. The fourth-order valence-corrected chi connectivity index (χ4v) is 2.98. The van der Waals surface area contributed by atoms with Gasteiger partial charge < -0.3 is 5.32 Å². The Bertz CT molecular complexity index is 467. The average molecular weight is 400 g/mol. The summed E-state index contributed by atoms with van der Waals surface area (Å²) in [5.41, 5.74) is 1.17. The molecule has 0 rings (SSSR count). The topological polar surface area (TPSA) is 98.7 Å². The van der Waals surface area contributed by atoms with Crippen LogP contribution < -0.4 is 10.8 Å². The van der Waals surface area contributed by atoms with E-state index in [9.17, 15) is 14.4 Å². The van der Waals surface area contributed by atoms with Crippen molar-refractivity contribution in [2.24, 2.45) is 5.41 Å². The lowest BCUT2D eigenvalue weighted by Crippen LogP contribution is -2.44. The van der Waals surface area contributed by atoms with Crippen LogP contribution in [0.1, 0.15) is 98.3 Å². The number of carbonyl (C=O) groups is 3. The average Bonchev–Trinajstić information content (AvgIpc) is 2.67. The smallest absolute Gasteiger partial charge is 0.324 e. The standard InChI is InChI=1S/C21H41N3O4/c1-5-7-16-22-20(27)24(17-6-2)18(25)14-12-10-8-9-11-13-15-21(3,4)19(26)23-28/h28H,5-17H2,1-4H3,(H,22,27)(H,23,26). The Balaban J connectivity index is 3.97. The van der Waals surface area contributed by atoms with E-state index >= 15 is 0 Å². The van der Waals surface area contributed by atoms with Crippen molar-refractivity contribution in [2.75, 3.05) is 13.1 Å². The summed E-state index contributed by atoms with van der Waals surface area (Å²) in [5.74, 6) is -0.436. The molecule has 28 heavy (non-hydrogen) atoms. The minimum atomic E-state index is -0.554. The molecule has 0 aliphatic rings. The zero-order valence-corrected chi connectivity index (χ0v) is 18.3. The maximum atomic E-state index is 12.4. The first kappa shape index (κ1) is 26.4. The fourth-order valence-electron chi connectivity index (χ4n) is 2.98. The van der Waals surface area contributed by atoms with E-state index < -0.39 is 5.41 Å². The van der Waals surface area contributed by atoms with Gasteiger partial charge in [-0.2, -0.15) is 0 Å². The van der Waals surface area contributed by atoms with E-state index in [1.807, 2.05) is 20.8 Å². The summed E-state index contributed by atoms with van der Waals surface area (Å²) in [5, 5.41) is 11.5. The van der Waals surface area contributed by atoms with E-state index in [4.69, 9.17) is 5.21 Å². The zero-order valence-electron chi connectivity index (χ0n) is 18.3. The van der Waals surface area contributed by atoms with E-state index in [1.54, 1.807) is 5.48 Å². The van der Waals surface area contributed by atoms with Crippen LogP contribution in [0, 0.1) is 5.41 Å². The van der Waals surface area contributed by atoms with Gasteiger partial charge in [0.05, 0.1) is 0 Å². The summed E-state index contributed by atoms with van der Waals surface area (Å²) in [6.45, 7) is 8.75. The van der Waals surface area contributed by atoms with Crippen molar-refractivity contribution < 1.29 is 19.6 Å². The molecule has 0 aliphatic heterocycles. The molecule has 164 valence electrons. The van der Waals surface area contributed by atoms with Gasteiger partial charge in [0.25, 0.3) is 0 Å². The number of carbonyl (C=O) groups excluding carboxylic acids is 3. The first-order chi connectivity index (χ1) is 13.3.